The van der Waals surface area contributed by atoms with Gasteiger partial charge in [0.05, 0.1) is 17.9 Å². The normalized spacial score (nSPS) is 12.4. The van der Waals surface area contributed by atoms with Crippen LogP contribution in [0.4, 0.5) is 17.6 Å². The minimum Gasteiger partial charge on any atom is -0.494 e. The molecule has 0 saturated carbocycles. The largest absolute Gasteiger partial charge is 0.494 e. The van der Waals surface area contributed by atoms with Gasteiger partial charge in [0.2, 0.25) is 10.0 Å². The number of unbranched alkanes of at least 4 members (excludes halogenated alkanes) is 2. The van der Waals surface area contributed by atoms with Crippen LogP contribution in [0.15, 0.2) is 18.2 Å². The average molecular weight is 329 g/mol. The minimum absolute atomic E-state index is 0.0878. The number of halogens is 4. The predicted molar refractivity (Wildman–Crippen MR) is 68.7 cm³/mol. The van der Waals surface area contributed by atoms with Crippen molar-refractivity contribution >= 4 is 10.0 Å². The molecule has 4 nitrogen and oxygen atoms in total. The first-order valence-corrected chi connectivity index (χ1v) is 7.81. The Morgan fingerprint density at radius 2 is 1.81 bits per heavy atom. The molecule has 0 bridgehead atoms. The molecule has 0 aromatic heterocycles. The zero-order chi connectivity index (χ0) is 16.1. The standard InChI is InChI=1S/C12H15F4NO3S/c13-11-5-4-9(8-10(11)12(14,15)16)20-6-2-1-3-7-21(17,18)19/h4-5,8H,1-3,6-7H2,(H2,17,18,19). The first-order chi connectivity index (χ1) is 9.59. The van der Waals surface area contributed by atoms with Crippen LogP contribution in [0.1, 0.15) is 24.8 Å². The number of alkyl halides is 3. The van der Waals surface area contributed by atoms with Crippen LogP contribution in [-0.4, -0.2) is 20.8 Å². The summed E-state index contributed by atoms with van der Waals surface area (Å²) in [6.07, 6.45) is -3.48. The third kappa shape index (κ3) is 6.76. The molecule has 0 spiro atoms. The predicted octanol–water partition coefficient (Wildman–Crippen LogP) is 2.68. The van der Waals surface area contributed by atoms with Gasteiger partial charge in [0.25, 0.3) is 0 Å². The van der Waals surface area contributed by atoms with Crippen molar-refractivity contribution in [3.63, 3.8) is 0 Å². The lowest BCUT2D eigenvalue weighted by atomic mass is 10.2. The van der Waals surface area contributed by atoms with E-state index in [1.165, 1.54) is 0 Å². The van der Waals surface area contributed by atoms with Crippen LogP contribution in [0.25, 0.3) is 0 Å². The maximum atomic E-state index is 13.0. The molecule has 120 valence electrons. The smallest absolute Gasteiger partial charge is 0.419 e. The number of primary sulfonamides is 1. The van der Waals surface area contributed by atoms with Gasteiger partial charge in [-0.2, -0.15) is 13.2 Å². The molecular formula is C12H15F4NO3S. The van der Waals surface area contributed by atoms with Crippen molar-refractivity contribution in [2.45, 2.75) is 25.4 Å². The zero-order valence-electron chi connectivity index (χ0n) is 11.0. The molecule has 0 atom stereocenters. The molecule has 0 heterocycles. The summed E-state index contributed by atoms with van der Waals surface area (Å²) >= 11 is 0. The van der Waals surface area contributed by atoms with Crippen LogP contribution in [0.3, 0.4) is 0 Å². The minimum atomic E-state index is -4.78. The molecule has 21 heavy (non-hydrogen) atoms. The summed E-state index contributed by atoms with van der Waals surface area (Å²) in [5.41, 5.74) is -1.38. The fourth-order valence-electron chi connectivity index (χ4n) is 1.58. The lowest BCUT2D eigenvalue weighted by Crippen LogP contribution is -2.16. The fraction of sp³-hybridized carbons (Fsp3) is 0.500. The Bertz CT molecular complexity index is 572. The lowest BCUT2D eigenvalue weighted by Gasteiger charge is -2.11. The van der Waals surface area contributed by atoms with Crippen LogP contribution in [0.5, 0.6) is 5.75 Å². The van der Waals surface area contributed by atoms with Gasteiger partial charge in [-0.15, -0.1) is 0 Å². The molecule has 0 fully saturated rings. The molecule has 1 aromatic rings. The molecule has 2 N–H and O–H groups in total. The van der Waals surface area contributed by atoms with Gasteiger partial charge in [-0.25, -0.2) is 17.9 Å². The molecule has 0 aliphatic carbocycles. The highest BCUT2D eigenvalue weighted by molar-refractivity contribution is 7.89. The highest BCUT2D eigenvalue weighted by Crippen LogP contribution is 2.33. The van der Waals surface area contributed by atoms with E-state index < -0.39 is 27.6 Å². The van der Waals surface area contributed by atoms with E-state index >= 15 is 0 Å². The fourth-order valence-corrected chi connectivity index (χ4v) is 2.19. The second-order valence-electron chi connectivity index (χ2n) is 4.42. The van der Waals surface area contributed by atoms with Crippen molar-refractivity contribution in [3.8, 4) is 5.75 Å². The second-order valence-corrected chi connectivity index (χ2v) is 6.15. The van der Waals surface area contributed by atoms with E-state index in [9.17, 15) is 26.0 Å². The van der Waals surface area contributed by atoms with Gasteiger partial charge >= 0.3 is 6.18 Å². The number of hydrogen-bond acceptors (Lipinski definition) is 3. The quantitative estimate of drug-likeness (QED) is 0.618. The zero-order valence-corrected chi connectivity index (χ0v) is 11.8. The van der Waals surface area contributed by atoms with Crippen molar-refractivity contribution in [3.05, 3.63) is 29.6 Å². The van der Waals surface area contributed by atoms with Crippen LogP contribution < -0.4 is 9.88 Å². The third-order valence-electron chi connectivity index (χ3n) is 2.59. The molecular weight excluding hydrogens is 314 g/mol. The van der Waals surface area contributed by atoms with Crippen LogP contribution >= 0.6 is 0 Å². The Morgan fingerprint density at radius 1 is 1.14 bits per heavy atom. The molecule has 0 radical (unpaired) electrons. The van der Waals surface area contributed by atoms with E-state index in [1.54, 1.807) is 0 Å². The van der Waals surface area contributed by atoms with Crippen molar-refractivity contribution in [2.75, 3.05) is 12.4 Å². The number of benzene rings is 1. The number of hydrogen-bond donors (Lipinski definition) is 1. The second kappa shape index (κ2) is 7.08. The van der Waals surface area contributed by atoms with E-state index in [0.717, 1.165) is 6.07 Å². The molecule has 1 aromatic carbocycles. The number of sulfonamides is 1. The van der Waals surface area contributed by atoms with Gasteiger partial charge in [0.15, 0.2) is 0 Å². The highest BCUT2D eigenvalue weighted by atomic mass is 32.2. The number of nitrogens with two attached hydrogens (primary N) is 1. The summed E-state index contributed by atoms with van der Waals surface area (Å²) in [5.74, 6) is -1.60. The Labute approximate surface area is 119 Å². The van der Waals surface area contributed by atoms with Crippen molar-refractivity contribution in [1.29, 1.82) is 0 Å². The first kappa shape index (κ1) is 17.7. The van der Waals surface area contributed by atoms with Crippen molar-refractivity contribution in [1.82, 2.24) is 0 Å². The lowest BCUT2D eigenvalue weighted by molar-refractivity contribution is -0.140. The average Bonchev–Trinajstić information content (AvgIpc) is 2.32. The molecule has 0 aliphatic heterocycles. The maximum absolute atomic E-state index is 13.0. The topological polar surface area (TPSA) is 69.4 Å². The summed E-state index contributed by atoms with van der Waals surface area (Å²) in [6, 6.07) is 2.40. The summed E-state index contributed by atoms with van der Waals surface area (Å²) in [7, 11) is -3.50. The number of ether oxygens (including phenoxy) is 1. The van der Waals surface area contributed by atoms with E-state index in [0.29, 0.717) is 31.4 Å². The molecule has 0 saturated heterocycles. The van der Waals surface area contributed by atoms with Crippen LogP contribution in [0, 0.1) is 5.82 Å². The van der Waals surface area contributed by atoms with Gasteiger partial charge in [-0.05, 0) is 37.5 Å². The molecule has 9 heteroatoms. The summed E-state index contributed by atoms with van der Waals surface area (Å²) in [6.45, 7) is 0.105. The number of rotatable bonds is 7. The van der Waals surface area contributed by atoms with Crippen LogP contribution in [0.2, 0.25) is 0 Å². The van der Waals surface area contributed by atoms with Gasteiger partial charge < -0.3 is 4.74 Å². The molecule has 0 unspecified atom stereocenters. The van der Waals surface area contributed by atoms with Crippen molar-refractivity contribution in [2.24, 2.45) is 5.14 Å². The summed E-state index contributed by atoms with van der Waals surface area (Å²) < 4.78 is 76.8. The Hall–Kier alpha value is -1.35. The Balaban J connectivity index is 2.43. The SMILES string of the molecule is NS(=O)(=O)CCCCCOc1ccc(F)c(C(F)(F)F)c1. The monoisotopic (exact) mass is 329 g/mol. The van der Waals surface area contributed by atoms with Crippen molar-refractivity contribution < 1.29 is 30.7 Å². The molecule has 0 amide bonds. The molecule has 1 rings (SSSR count). The summed E-state index contributed by atoms with van der Waals surface area (Å²) in [5, 5.41) is 4.81. The maximum Gasteiger partial charge on any atom is 0.419 e. The van der Waals surface area contributed by atoms with Gasteiger partial charge in [0, 0.05) is 0 Å². The van der Waals surface area contributed by atoms with E-state index in [-0.39, 0.29) is 18.1 Å². The van der Waals surface area contributed by atoms with Gasteiger partial charge in [-0.1, -0.05) is 0 Å². The van der Waals surface area contributed by atoms with E-state index in [1.807, 2.05) is 0 Å². The van der Waals surface area contributed by atoms with Gasteiger partial charge in [-0.3, -0.25) is 0 Å². The van der Waals surface area contributed by atoms with Crippen LogP contribution in [-0.2, 0) is 16.2 Å². The first-order valence-electron chi connectivity index (χ1n) is 6.09. The third-order valence-corrected chi connectivity index (χ3v) is 3.44. The highest BCUT2D eigenvalue weighted by Gasteiger charge is 2.34. The van der Waals surface area contributed by atoms with E-state index in [2.05, 4.69) is 0 Å². The van der Waals surface area contributed by atoms with E-state index in [4.69, 9.17) is 9.88 Å². The van der Waals surface area contributed by atoms with Gasteiger partial charge in [0.1, 0.15) is 11.6 Å². The molecule has 0 aliphatic rings. The Morgan fingerprint density at radius 3 is 2.38 bits per heavy atom. The Kier molecular flexibility index (Phi) is 5.97. The summed E-state index contributed by atoms with van der Waals surface area (Å²) in [4.78, 5) is 0.